The van der Waals surface area contributed by atoms with Crippen molar-refractivity contribution in [2.45, 2.75) is 6.18 Å². The van der Waals surface area contributed by atoms with Crippen molar-refractivity contribution in [1.29, 1.82) is 0 Å². The molecule has 34 heavy (non-hydrogen) atoms. The molecule has 0 saturated carbocycles. The molecule has 1 N–H and O–H groups in total. The van der Waals surface area contributed by atoms with Crippen molar-refractivity contribution in [3.05, 3.63) is 41.5 Å². The summed E-state index contributed by atoms with van der Waals surface area (Å²) in [5, 5.41) is 3.99. The van der Waals surface area contributed by atoms with Gasteiger partial charge in [-0.25, -0.2) is 19.2 Å². The molecule has 10 nitrogen and oxygen atoms in total. The van der Waals surface area contributed by atoms with Gasteiger partial charge in [0.15, 0.2) is 15.5 Å². The number of piperazine rings is 1. The molecule has 1 saturated heterocycles. The molecule has 4 rings (SSSR count). The quantitative estimate of drug-likeness (QED) is 0.544. The number of hydrogen-bond donors (Lipinski definition) is 1. The zero-order valence-corrected chi connectivity index (χ0v) is 18.2. The van der Waals surface area contributed by atoms with Crippen LogP contribution in [0.4, 0.5) is 27.5 Å². The molecule has 0 aliphatic carbocycles. The van der Waals surface area contributed by atoms with Crippen LogP contribution in [0, 0.1) is 5.82 Å². The fourth-order valence-electron chi connectivity index (χ4n) is 3.20. The number of anilines is 1. The Morgan fingerprint density at radius 2 is 1.88 bits per heavy atom. The molecule has 3 aromatic rings. The predicted molar refractivity (Wildman–Crippen MR) is 111 cm³/mol. The maximum atomic E-state index is 13.5. The minimum atomic E-state index is -4.92. The van der Waals surface area contributed by atoms with Crippen molar-refractivity contribution in [2.24, 2.45) is 0 Å². The van der Waals surface area contributed by atoms with Crippen LogP contribution in [0.25, 0.3) is 10.3 Å². The summed E-state index contributed by atoms with van der Waals surface area (Å²) in [5.41, 5.74) is -1.41. The van der Waals surface area contributed by atoms with Crippen LogP contribution in [-0.2, 0) is 11.0 Å². The Morgan fingerprint density at radius 3 is 2.56 bits per heavy atom. The second-order valence-corrected chi connectivity index (χ2v) is 7.95. The van der Waals surface area contributed by atoms with E-state index in [1.807, 2.05) is 0 Å². The number of thiazole rings is 1. The summed E-state index contributed by atoms with van der Waals surface area (Å²) in [6.45, 7) is 0.398. The van der Waals surface area contributed by atoms with Crippen LogP contribution in [0.15, 0.2) is 24.5 Å². The maximum Gasteiger partial charge on any atom is 0.432 e. The van der Waals surface area contributed by atoms with Crippen LogP contribution in [0.5, 0.6) is 5.88 Å². The van der Waals surface area contributed by atoms with E-state index in [2.05, 4.69) is 20.3 Å². The van der Waals surface area contributed by atoms with Crippen molar-refractivity contribution >= 4 is 38.8 Å². The van der Waals surface area contributed by atoms with Gasteiger partial charge in [0.05, 0.1) is 25.8 Å². The van der Waals surface area contributed by atoms with Crippen LogP contribution in [0.1, 0.15) is 15.9 Å². The van der Waals surface area contributed by atoms with Gasteiger partial charge in [0.25, 0.3) is 5.91 Å². The Balaban J connectivity index is 1.33. The number of amides is 2. The predicted octanol–water partition coefficient (Wildman–Crippen LogP) is 3.17. The zero-order chi connectivity index (χ0) is 24.5. The van der Waals surface area contributed by atoms with Gasteiger partial charge in [0.1, 0.15) is 12.1 Å². The molecule has 1 fully saturated rings. The maximum absolute atomic E-state index is 13.5. The molecule has 1 aromatic carbocycles. The number of carbonyl (C=O) groups is 2. The van der Waals surface area contributed by atoms with Crippen molar-refractivity contribution in [2.75, 3.05) is 38.6 Å². The first kappa shape index (κ1) is 23.6. The van der Waals surface area contributed by atoms with Gasteiger partial charge in [-0.1, -0.05) is 11.3 Å². The van der Waals surface area contributed by atoms with Gasteiger partial charge >= 0.3 is 12.3 Å². The first-order valence-corrected chi connectivity index (χ1v) is 10.5. The van der Waals surface area contributed by atoms with Crippen LogP contribution in [-0.4, -0.2) is 70.2 Å². The summed E-state index contributed by atoms with van der Waals surface area (Å²) in [6, 6.07) is 2.11. The van der Waals surface area contributed by atoms with Gasteiger partial charge in [0.2, 0.25) is 5.88 Å². The third-order valence-electron chi connectivity index (χ3n) is 4.82. The van der Waals surface area contributed by atoms with Gasteiger partial charge < -0.3 is 14.5 Å². The Labute approximate surface area is 193 Å². The number of hydroxylamine groups is 2. The number of rotatable bonds is 4. The van der Waals surface area contributed by atoms with Crippen molar-refractivity contribution in [3.63, 3.8) is 0 Å². The van der Waals surface area contributed by atoms with Crippen molar-refractivity contribution in [3.8, 4) is 5.88 Å². The number of halogens is 4. The number of nitrogens with zero attached hydrogens (tertiary/aromatic N) is 5. The lowest BCUT2D eigenvalue weighted by atomic mass is 10.1. The number of nitrogens with one attached hydrogen (secondary N) is 1. The molecule has 1 aliphatic heterocycles. The smallest absolute Gasteiger partial charge is 0.432 e. The Hall–Kier alpha value is -3.59. The number of hydrogen-bond acceptors (Lipinski definition) is 9. The summed E-state index contributed by atoms with van der Waals surface area (Å²) < 4.78 is 57.3. The topological polar surface area (TPSA) is 110 Å². The molecule has 0 bridgehead atoms. The lowest BCUT2D eigenvalue weighted by Gasteiger charge is -2.33. The molecule has 3 heterocycles. The van der Waals surface area contributed by atoms with Gasteiger partial charge in [-0.15, -0.1) is 5.06 Å². The highest BCUT2D eigenvalue weighted by atomic mass is 32.1. The van der Waals surface area contributed by atoms with E-state index in [1.165, 1.54) is 23.4 Å². The Kier molecular flexibility index (Phi) is 6.47. The zero-order valence-electron chi connectivity index (χ0n) is 17.4. The number of alkyl halides is 3. The Bertz CT molecular complexity index is 1230. The Morgan fingerprint density at radius 1 is 1.15 bits per heavy atom. The van der Waals surface area contributed by atoms with E-state index in [-0.39, 0.29) is 42.8 Å². The highest BCUT2D eigenvalue weighted by molar-refractivity contribution is 7.22. The average Bonchev–Trinajstić information content (AvgIpc) is 3.21. The number of aromatic nitrogens is 3. The fraction of sp³-hybridized carbons (Fsp3) is 0.316. The third-order valence-corrected chi connectivity index (χ3v) is 5.70. The van der Waals surface area contributed by atoms with Gasteiger partial charge in [-0.05, 0) is 18.2 Å². The summed E-state index contributed by atoms with van der Waals surface area (Å²) in [6.07, 6.45) is -4.43. The molecular weight excluding hydrogens is 484 g/mol. The standard InChI is InChI=1S/C19H16F4N6O4S/c1-32-14-13-15(25-9-24-14)34-17(26-13)27-18(31)33-29-6-4-28(5-7-29)16(30)10-2-3-12(20)11(8-10)19(21,22)23/h2-3,8-9H,4-7H2,1H3,(H,26,27,31). The highest BCUT2D eigenvalue weighted by Crippen LogP contribution is 2.32. The van der Waals surface area contributed by atoms with Crippen LogP contribution in [0.3, 0.4) is 0 Å². The molecule has 1 aliphatic rings. The summed E-state index contributed by atoms with van der Waals surface area (Å²) in [7, 11) is 1.43. The van der Waals surface area contributed by atoms with Gasteiger partial charge in [0, 0.05) is 18.7 Å². The summed E-state index contributed by atoms with van der Waals surface area (Å²) in [5.74, 6) is -1.88. The van der Waals surface area contributed by atoms with Gasteiger partial charge in [-0.3, -0.25) is 10.1 Å². The van der Waals surface area contributed by atoms with Crippen molar-refractivity contribution < 1.29 is 36.7 Å². The molecule has 180 valence electrons. The molecular formula is C19H16F4N6O4S. The third kappa shape index (κ3) is 4.99. The van der Waals surface area contributed by atoms with Crippen LogP contribution >= 0.6 is 11.3 Å². The SMILES string of the molecule is COc1ncnc2sc(NC(=O)ON3CCN(C(=O)c4ccc(F)c(C(F)(F)F)c4)CC3)nc12. The van der Waals surface area contributed by atoms with Crippen molar-refractivity contribution in [1.82, 2.24) is 24.9 Å². The normalized spacial score (nSPS) is 14.8. The first-order chi connectivity index (χ1) is 16.2. The monoisotopic (exact) mass is 500 g/mol. The minimum Gasteiger partial charge on any atom is -0.479 e. The largest absolute Gasteiger partial charge is 0.479 e. The number of methoxy groups -OCH3 is 1. The molecule has 0 spiro atoms. The minimum absolute atomic E-state index is 0.0821. The van der Waals surface area contributed by atoms with E-state index in [0.717, 1.165) is 17.4 Å². The van der Waals surface area contributed by atoms with Gasteiger partial charge in [-0.2, -0.15) is 18.2 Å². The lowest BCUT2D eigenvalue weighted by Crippen LogP contribution is -2.49. The highest BCUT2D eigenvalue weighted by Gasteiger charge is 2.35. The molecule has 15 heteroatoms. The van der Waals surface area contributed by atoms with E-state index < -0.39 is 29.6 Å². The second-order valence-electron chi connectivity index (χ2n) is 6.97. The molecule has 2 aromatic heterocycles. The second kappa shape index (κ2) is 9.34. The summed E-state index contributed by atoms with van der Waals surface area (Å²) in [4.78, 5) is 44.0. The first-order valence-electron chi connectivity index (χ1n) is 9.71. The average molecular weight is 500 g/mol. The molecule has 2 amide bonds. The van der Waals surface area contributed by atoms with E-state index in [0.29, 0.717) is 22.5 Å². The van der Waals surface area contributed by atoms with E-state index in [4.69, 9.17) is 9.57 Å². The van der Waals surface area contributed by atoms with Crippen LogP contribution < -0.4 is 10.1 Å². The number of benzene rings is 1. The number of ether oxygens (including phenoxy) is 1. The molecule has 0 unspecified atom stereocenters. The van der Waals surface area contributed by atoms with E-state index in [1.54, 1.807) is 0 Å². The number of carbonyl (C=O) groups excluding carboxylic acids is 2. The molecule has 0 atom stereocenters. The van der Waals surface area contributed by atoms with E-state index in [9.17, 15) is 27.2 Å². The van der Waals surface area contributed by atoms with Crippen LogP contribution in [0.2, 0.25) is 0 Å². The van der Waals surface area contributed by atoms with E-state index >= 15 is 0 Å². The fourth-order valence-corrected chi connectivity index (χ4v) is 3.99. The lowest BCUT2D eigenvalue weighted by molar-refractivity contribution is -0.140. The number of fused-ring (bicyclic) bond motifs is 1. The molecule has 0 radical (unpaired) electrons. The summed E-state index contributed by atoms with van der Waals surface area (Å²) >= 11 is 1.09.